The Kier molecular flexibility index (Phi) is 13.1. The van der Waals surface area contributed by atoms with Crippen molar-refractivity contribution in [2.45, 2.75) is 64.5 Å². The second kappa shape index (κ2) is 12.3. The van der Waals surface area contributed by atoms with Crippen LogP contribution in [-0.4, -0.2) is 29.1 Å². The van der Waals surface area contributed by atoms with E-state index < -0.39 is 24.0 Å². The van der Waals surface area contributed by atoms with Crippen molar-refractivity contribution < 1.29 is 14.7 Å². The number of carbonyl (C=O) groups is 2. The van der Waals surface area contributed by atoms with Crippen LogP contribution < -0.4 is 17.2 Å². The number of nitrogens with two attached hydrogens (primary N) is 3. The highest BCUT2D eigenvalue weighted by atomic mass is 16.4. The molecule has 0 radical (unpaired) electrons. The monoisotopic (exact) mass is 261 g/mol. The molecule has 0 heterocycles. The van der Waals surface area contributed by atoms with Gasteiger partial charge in [-0.1, -0.05) is 39.5 Å². The third-order valence-corrected chi connectivity index (χ3v) is 2.42. The minimum absolute atomic E-state index is 0.400. The molecular formula is C12H27N3O3. The van der Waals surface area contributed by atoms with Crippen LogP contribution in [0.2, 0.25) is 0 Å². The van der Waals surface area contributed by atoms with Crippen molar-refractivity contribution in [3.63, 3.8) is 0 Å². The maximum Gasteiger partial charge on any atom is 0.320 e. The summed E-state index contributed by atoms with van der Waals surface area (Å²) in [6, 6.07) is -1.10. The summed E-state index contributed by atoms with van der Waals surface area (Å²) in [5, 5.41) is 8.28. The summed E-state index contributed by atoms with van der Waals surface area (Å²) < 4.78 is 0. The quantitative estimate of drug-likeness (QED) is 0.507. The Labute approximate surface area is 109 Å². The lowest BCUT2D eigenvalue weighted by molar-refractivity contribution is -0.138. The molecule has 0 aliphatic carbocycles. The van der Waals surface area contributed by atoms with Gasteiger partial charge in [0.25, 0.3) is 0 Å². The summed E-state index contributed by atoms with van der Waals surface area (Å²) in [5.41, 5.74) is 15.4. The van der Waals surface area contributed by atoms with E-state index in [0.717, 1.165) is 25.7 Å². The fourth-order valence-electron chi connectivity index (χ4n) is 1.11. The Hall–Kier alpha value is -1.14. The number of aliphatic carboxylic acids is 1. The van der Waals surface area contributed by atoms with Gasteiger partial charge in [-0.2, -0.15) is 0 Å². The number of carboxylic acids is 1. The van der Waals surface area contributed by atoms with E-state index in [1.807, 2.05) is 13.8 Å². The zero-order valence-corrected chi connectivity index (χ0v) is 11.4. The highest BCUT2D eigenvalue weighted by Crippen LogP contribution is 1.97. The molecule has 0 aromatic rings. The molecule has 0 saturated heterocycles. The third-order valence-electron chi connectivity index (χ3n) is 2.42. The van der Waals surface area contributed by atoms with E-state index in [2.05, 4.69) is 0 Å². The third kappa shape index (κ3) is 12.9. The molecule has 0 bridgehead atoms. The summed E-state index contributed by atoms with van der Waals surface area (Å²) in [6.07, 6.45) is 5.23. The summed E-state index contributed by atoms with van der Waals surface area (Å²) in [7, 11) is 0. The van der Waals surface area contributed by atoms with Crippen LogP contribution in [0, 0.1) is 0 Å². The van der Waals surface area contributed by atoms with Crippen molar-refractivity contribution in [3.8, 4) is 0 Å². The van der Waals surface area contributed by atoms with E-state index in [1.165, 1.54) is 0 Å². The Morgan fingerprint density at radius 2 is 1.39 bits per heavy atom. The molecular weight excluding hydrogens is 234 g/mol. The average Bonchev–Trinajstić information content (AvgIpc) is 2.33. The number of carboxylic acid groups (broad SMARTS) is 1. The Morgan fingerprint density at radius 1 is 1.00 bits per heavy atom. The Balaban J connectivity index is 0. The van der Waals surface area contributed by atoms with E-state index in [9.17, 15) is 9.59 Å². The molecule has 7 N–H and O–H groups in total. The maximum atomic E-state index is 10.3. The lowest BCUT2D eigenvalue weighted by Gasteiger charge is -2.03. The predicted octanol–water partition coefficient (Wildman–Crippen LogP) is 0.578. The van der Waals surface area contributed by atoms with Gasteiger partial charge in [-0.05, 0) is 12.8 Å². The molecule has 2 atom stereocenters. The van der Waals surface area contributed by atoms with Gasteiger partial charge in [0.1, 0.15) is 6.04 Å². The number of unbranched alkanes of at least 4 members (excludes halogenated alkanes) is 2. The van der Waals surface area contributed by atoms with E-state index >= 15 is 0 Å². The van der Waals surface area contributed by atoms with Crippen molar-refractivity contribution in [1.82, 2.24) is 0 Å². The van der Waals surface area contributed by atoms with Crippen LogP contribution in [-0.2, 0) is 9.59 Å². The minimum Gasteiger partial charge on any atom is -0.480 e. The van der Waals surface area contributed by atoms with E-state index in [1.54, 1.807) is 0 Å². The van der Waals surface area contributed by atoms with Crippen molar-refractivity contribution in [2.75, 3.05) is 0 Å². The first-order valence-corrected chi connectivity index (χ1v) is 6.40. The fourth-order valence-corrected chi connectivity index (χ4v) is 1.11. The van der Waals surface area contributed by atoms with Gasteiger partial charge in [0.05, 0.1) is 6.04 Å². The molecule has 0 saturated carbocycles. The number of carbonyl (C=O) groups excluding carboxylic acids is 1. The molecule has 6 heteroatoms. The molecule has 0 aromatic carbocycles. The minimum atomic E-state index is -0.900. The van der Waals surface area contributed by atoms with Crippen LogP contribution in [0.4, 0.5) is 0 Å². The largest absolute Gasteiger partial charge is 0.480 e. The van der Waals surface area contributed by atoms with Gasteiger partial charge in [-0.15, -0.1) is 0 Å². The van der Waals surface area contributed by atoms with Gasteiger partial charge >= 0.3 is 5.97 Å². The van der Waals surface area contributed by atoms with Crippen molar-refractivity contribution in [1.29, 1.82) is 0 Å². The van der Waals surface area contributed by atoms with Crippen molar-refractivity contribution in [2.24, 2.45) is 17.2 Å². The second-order valence-electron chi connectivity index (χ2n) is 4.24. The maximum absolute atomic E-state index is 10.3. The summed E-state index contributed by atoms with van der Waals surface area (Å²) in [5.74, 6) is -1.30. The van der Waals surface area contributed by atoms with Crippen molar-refractivity contribution in [3.05, 3.63) is 0 Å². The Bertz CT molecular complexity index is 211. The Morgan fingerprint density at radius 3 is 1.67 bits per heavy atom. The predicted molar refractivity (Wildman–Crippen MR) is 71.8 cm³/mol. The summed E-state index contributed by atoms with van der Waals surface area (Å²) in [4.78, 5) is 20.4. The molecule has 108 valence electrons. The van der Waals surface area contributed by atoms with Crippen LogP contribution in [0.3, 0.4) is 0 Å². The molecule has 0 aliphatic rings. The topological polar surface area (TPSA) is 132 Å². The highest BCUT2D eigenvalue weighted by molar-refractivity contribution is 5.79. The first-order chi connectivity index (χ1) is 8.36. The first kappa shape index (κ1) is 19.2. The lowest BCUT2D eigenvalue weighted by atomic mass is 10.1. The van der Waals surface area contributed by atoms with Gasteiger partial charge in [-0.3, -0.25) is 9.59 Å². The standard InChI is InChI=1S/C6H14N2O.C6H13NO2/c2*1-2-3-4-5(7)6(8)9/h5H,2-4,7H2,1H3,(H2,8,9);5H,2-4,7H2,1H3,(H,8,9). The average molecular weight is 261 g/mol. The number of hydrogen-bond donors (Lipinski definition) is 4. The van der Waals surface area contributed by atoms with E-state index in [4.69, 9.17) is 22.3 Å². The molecule has 0 aromatic heterocycles. The van der Waals surface area contributed by atoms with Gasteiger partial charge < -0.3 is 22.3 Å². The molecule has 0 fully saturated rings. The second-order valence-corrected chi connectivity index (χ2v) is 4.24. The molecule has 0 spiro atoms. The summed E-state index contributed by atoms with van der Waals surface area (Å²) in [6.45, 7) is 4.06. The van der Waals surface area contributed by atoms with Crippen LogP contribution in [0.25, 0.3) is 0 Å². The van der Waals surface area contributed by atoms with Gasteiger partial charge in [0.2, 0.25) is 5.91 Å². The number of hydrogen-bond acceptors (Lipinski definition) is 4. The smallest absolute Gasteiger partial charge is 0.320 e. The fraction of sp³-hybridized carbons (Fsp3) is 0.833. The van der Waals surface area contributed by atoms with Crippen LogP contribution in [0.5, 0.6) is 0 Å². The van der Waals surface area contributed by atoms with Gasteiger partial charge in [-0.25, -0.2) is 0 Å². The highest BCUT2D eigenvalue weighted by Gasteiger charge is 2.08. The van der Waals surface area contributed by atoms with Crippen molar-refractivity contribution >= 4 is 11.9 Å². The molecule has 6 nitrogen and oxygen atoms in total. The van der Waals surface area contributed by atoms with Gasteiger partial charge in [0.15, 0.2) is 0 Å². The lowest BCUT2D eigenvalue weighted by Crippen LogP contribution is -2.36. The SMILES string of the molecule is CCCCC(N)C(=O)O.CCCCC(N)C(N)=O. The summed E-state index contributed by atoms with van der Waals surface area (Å²) >= 11 is 0. The first-order valence-electron chi connectivity index (χ1n) is 6.40. The van der Waals surface area contributed by atoms with E-state index in [0.29, 0.717) is 12.8 Å². The zero-order chi connectivity index (χ0) is 14.6. The molecule has 0 aliphatic heterocycles. The van der Waals surface area contributed by atoms with Crippen LogP contribution in [0.1, 0.15) is 52.4 Å². The van der Waals surface area contributed by atoms with Crippen LogP contribution >= 0.6 is 0 Å². The van der Waals surface area contributed by atoms with Crippen LogP contribution in [0.15, 0.2) is 0 Å². The normalized spacial score (nSPS) is 13.1. The number of primary amides is 1. The zero-order valence-electron chi connectivity index (χ0n) is 11.4. The number of rotatable bonds is 8. The molecule has 1 amide bonds. The molecule has 18 heavy (non-hydrogen) atoms. The van der Waals surface area contributed by atoms with Gasteiger partial charge in [0, 0.05) is 0 Å². The van der Waals surface area contributed by atoms with E-state index in [-0.39, 0.29) is 0 Å². The molecule has 0 rings (SSSR count). The molecule has 2 unspecified atom stereocenters. The number of amides is 1.